The van der Waals surface area contributed by atoms with Crippen molar-refractivity contribution in [3.8, 4) is 0 Å². The van der Waals surface area contributed by atoms with E-state index in [0.29, 0.717) is 6.42 Å². The minimum Gasteiger partial charge on any atom is -0.338 e. The molecule has 2 amide bonds. The number of carbonyl (C=O) groups is 2. The van der Waals surface area contributed by atoms with Crippen molar-refractivity contribution in [1.29, 1.82) is 0 Å². The standard InChI is InChI=1S/C18H24N4O2S/c1-18-6-5-16(23)22(18)15(13-25-18)17(24)21-10-8-20(9-11-21)12-14-4-2-3-7-19-14/h2-4,7,15H,5-6,8-13H2,1H3. The Morgan fingerprint density at radius 3 is 2.84 bits per heavy atom. The van der Waals surface area contributed by atoms with E-state index in [-0.39, 0.29) is 22.7 Å². The molecule has 0 bridgehead atoms. The van der Waals surface area contributed by atoms with Crippen LogP contribution in [0.25, 0.3) is 0 Å². The molecule has 0 radical (unpaired) electrons. The third kappa shape index (κ3) is 3.15. The van der Waals surface area contributed by atoms with Gasteiger partial charge in [-0.1, -0.05) is 6.07 Å². The van der Waals surface area contributed by atoms with Crippen LogP contribution >= 0.6 is 11.8 Å². The number of rotatable bonds is 3. The topological polar surface area (TPSA) is 56.8 Å². The molecule has 4 rings (SSSR count). The van der Waals surface area contributed by atoms with Gasteiger partial charge in [0.15, 0.2) is 0 Å². The molecular weight excluding hydrogens is 336 g/mol. The Balaban J connectivity index is 1.35. The van der Waals surface area contributed by atoms with Crippen LogP contribution < -0.4 is 0 Å². The summed E-state index contributed by atoms with van der Waals surface area (Å²) in [5.41, 5.74) is 1.06. The highest BCUT2D eigenvalue weighted by Gasteiger charge is 2.53. The third-order valence-corrected chi connectivity index (χ3v) is 7.03. The van der Waals surface area contributed by atoms with Gasteiger partial charge < -0.3 is 9.80 Å². The van der Waals surface area contributed by atoms with Crippen molar-refractivity contribution in [2.75, 3.05) is 31.9 Å². The van der Waals surface area contributed by atoms with Gasteiger partial charge in [0.25, 0.3) is 0 Å². The number of pyridine rings is 1. The first-order chi connectivity index (χ1) is 12.1. The van der Waals surface area contributed by atoms with E-state index >= 15 is 0 Å². The van der Waals surface area contributed by atoms with Crippen molar-refractivity contribution in [2.45, 2.75) is 37.2 Å². The normalized spacial score (nSPS) is 30.0. The van der Waals surface area contributed by atoms with Crippen molar-refractivity contribution < 1.29 is 9.59 Å². The highest BCUT2D eigenvalue weighted by Crippen LogP contribution is 2.47. The molecule has 134 valence electrons. The van der Waals surface area contributed by atoms with Crippen LogP contribution in [0.3, 0.4) is 0 Å². The minimum atomic E-state index is -0.271. The highest BCUT2D eigenvalue weighted by molar-refractivity contribution is 8.01. The van der Waals surface area contributed by atoms with Crippen LogP contribution in [0, 0.1) is 0 Å². The smallest absolute Gasteiger partial charge is 0.246 e. The fraction of sp³-hybridized carbons (Fsp3) is 0.611. The van der Waals surface area contributed by atoms with E-state index in [1.165, 1.54) is 0 Å². The van der Waals surface area contributed by atoms with Crippen LogP contribution in [0.15, 0.2) is 24.4 Å². The molecule has 0 N–H and O–H groups in total. The van der Waals surface area contributed by atoms with Gasteiger partial charge in [0, 0.05) is 51.1 Å². The van der Waals surface area contributed by atoms with Gasteiger partial charge in [-0.3, -0.25) is 19.5 Å². The van der Waals surface area contributed by atoms with E-state index < -0.39 is 0 Å². The van der Waals surface area contributed by atoms with Crippen LogP contribution in [0.1, 0.15) is 25.5 Å². The highest BCUT2D eigenvalue weighted by atomic mass is 32.2. The van der Waals surface area contributed by atoms with E-state index in [1.54, 1.807) is 11.8 Å². The number of aromatic nitrogens is 1. The Labute approximate surface area is 152 Å². The second-order valence-electron chi connectivity index (χ2n) is 7.19. The molecule has 1 aromatic heterocycles. The number of fused-ring (bicyclic) bond motifs is 1. The lowest BCUT2D eigenvalue weighted by atomic mass is 10.2. The fourth-order valence-electron chi connectivity index (χ4n) is 4.06. The van der Waals surface area contributed by atoms with Crippen molar-refractivity contribution in [2.24, 2.45) is 0 Å². The Hall–Kier alpha value is -1.60. The molecule has 2 atom stereocenters. The lowest BCUT2D eigenvalue weighted by molar-refractivity contribution is -0.144. The SMILES string of the molecule is CC12CCC(=O)N1C(C(=O)N1CCN(Cc3ccccn3)CC1)CS2. The van der Waals surface area contributed by atoms with Gasteiger partial charge in [-0.2, -0.15) is 0 Å². The van der Waals surface area contributed by atoms with Crippen molar-refractivity contribution in [3.63, 3.8) is 0 Å². The summed E-state index contributed by atoms with van der Waals surface area (Å²) in [7, 11) is 0. The monoisotopic (exact) mass is 360 g/mol. The Morgan fingerprint density at radius 1 is 1.32 bits per heavy atom. The van der Waals surface area contributed by atoms with Crippen LogP contribution in [-0.2, 0) is 16.1 Å². The summed E-state index contributed by atoms with van der Waals surface area (Å²) in [5, 5.41) is 0. The number of thioether (sulfide) groups is 1. The number of carbonyl (C=O) groups excluding carboxylic acids is 2. The summed E-state index contributed by atoms with van der Waals surface area (Å²) in [6.45, 7) is 6.09. The Bertz CT molecular complexity index is 662. The van der Waals surface area contributed by atoms with Gasteiger partial charge in [0.05, 0.1) is 10.6 Å². The van der Waals surface area contributed by atoms with E-state index in [0.717, 1.165) is 50.6 Å². The lowest BCUT2D eigenvalue weighted by Crippen LogP contribution is -2.56. The molecular formula is C18H24N4O2S. The molecule has 6 nitrogen and oxygen atoms in total. The second-order valence-corrected chi connectivity index (χ2v) is 8.69. The first-order valence-corrected chi connectivity index (χ1v) is 9.92. The molecule has 7 heteroatoms. The average molecular weight is 360 g/mol. The largest absolute Gasteiger partial charge is 0.338 e. The molecule has 1 aromatic rings. The maximum atomic E-state index is 13.0. The molecule has 25 heavy (non-hydrogen) atoms. The molecule has 0 aliphatic carbocycles. The maximum Gasteiger partial charge on any atom is 0.246 e. The zero-order chi connectivity index (χ0) is 17.4. The number of hydrogen-bond acceptors (Lipinski definition) is 5. The molecule has 3 saturated heterocycles. The first kappa shape index (κ1) is 16.8. The molecule has 3 aliphatic heterocycles. The lowest BCUT2D eigenvalue weighted by Gasteiger charge is -2.38. The van der Waals surface area contributed by atoms with Gasteiger partial charge in [-0.15, -0.1) is 11.8 Å². The summed E-state index contributed by atoms with van der Waals surface area (Å²) in [5.74, 6) is 0.999. The molecule has 4 heterocycles. The van der Waals surface area contributed by atoms with Crippen molar-refractivity contribution >= 4 is 23.6 Å². The van der Waals surface area contributed by atoms with Crippen LogP contribution in [0.4, 0.5) is 0 Å². The van der Waals surface area contributed by atoms with E-state index in [2.05, 4.69) is 16.8 Å². The van der Waals surface area contributed by atoms with Crippen LogP contribution in [0.2, 0.25) is 0 Å². The Kier molecular flexibility index (Phi) is 4.45. The third-order valence-electron chi connectivity index (χ3n) is 5.53. The molecule has 0 spiro atoms. The Morgan fingerprint density at radius 2 is 2.12 bits per heavy atom. The van der Waals surface area contributed by atoms with E-state index in [4.69, 9.17) is 0 Å². The summed E-state index contributed by atoms with van der Waals surface area (Å²) in [4.78, 5) is 35.6. The van der Waals surface area contributed by atoms with Crippen molar-refractivity contribution in [3.05, 3.63) is 30.1 Å². The van der Waals surface area contributed by atoms with E-state index in [1.807, 2.05) is 34.2 Å². The first-order valence-electron chi connectivity index (χ1n) is 8.94. The summed E-state index contributed by atoms with van der Waals surface area (Å²) >= 11 is 1.76. The maximum absolute atomic E-state index is 13.0. The number of piperazine rings is 1. The average Bonchev–Trinajstić information content (AvgIpc) is 3.12. The van der Waals surface area contributed by atoms with Gasteiger partial charge >= 0.3 is 0 Å². The zero-order valence-corrected chi connectivity index (χ0v) is 15.4. The van der Waals surface area contributed by atoms with Gasteiger partial charge in [-0.05, 0) is 25.5 Å². The zero-order valence-electron chi connectivity index (χ0n) is 14.6. The molecule has 0 saturated carbocycles. The predicted molar refractivity (Wildman–Crippen MR) is 96.8 cm³/mol. The molecule has 2 unspecified atom stereocenters. The fourth-order valence-corrected chi connectivity index (χ4v) is 5.48. The second kappa shape index (κ2) is 6.61. The van der Waals surface area contributed by atoms with E-state index in [9.17, 15) is 9.59 Å². The van der Waals surface area contributed by atoms with Gasteiger partial charge in [-0.25, -0.2) is 0 Å². The minimum absolute atomic E-state index is 0.129. The number of hydrogen-bond donors (Lipinski definition) is 0. The summed E-state index contributed by atoms with van der Waals surface area (Å²) < 4.78 is 0. The summed E-state index contributed by atoms with van der Waals surface area (Å²) in [6.07, 6.45) is 3.25. The van der Waals surface area contributed by atoms with Gasteiger partial charge in [0.2, 0.25) is 11.8 Å². The van der Waals surface area contributed by atoms with Crippen LogP contribution in [0.5, 0.6) is 0 Å². The number of nitrogens with zero attached hydrogens (tertiary/aromatic N) is 4. The summed E-state index contributed by atoms with van der Waals surface area (Å²) in [6, 6.07) is 5.69. The number of amides is 2. The molecule has 0 aromatic carbocycles. The van der Waals surface area contributed by atoms with Crippen LogP contribution in [-0.4, -0.2) is 74.3 Å². The molecule has 3 aliphatic rings. The van der Waals surface area contributed by atoms with Crippen molar-refractivity contribution in [1.82, 2.24) is 19.7 Å². The molecule has 3 fully saturated rings. The quantitative estimate of drug-likeness (QED) is 0.810. The van der Waals surface area contributed by atoms with Gasteiger partial charge in [0.1, 0.15) is 6.04 Å². The predicted octanol–water partition coefficient (Wildman–Crippen LogP) is 1.18.